The maximum absolute atomic E-state index is 11.6. The Balaban J connectivity index is 2.13. The third kappa shape index (κ3) is 2.46. The van der Waals surface area contributed by atoms with Gasteiger partial charge in [0.05, 0.1) is 7.11 Å². The van der Waals surface area contributed by atoms with Crippen molar-refractivity contribution in [2.75, 3.05) is 25.1 Å². The quantitative estimate of drug-likeness (QED) is 0.570. The number of carbonyl (C=O) groups excluding carboxylic acids is 2. The number of hydrogen-bond acceptors (Lipinski definition) is 4. The highest BCUT2D eigenvalue weighted by Crippen LogP contribution is 2.21. The van der Waals surface area contributed by atoms with Crippen LogP contribution in [0.3, 0.4) is 0 Å². The predicted octanol–water partition coefficient (Wildman–Crippen LogP) is 1.25. The van der Waals surface area contributed by atoms with Crippen LogP contribution in [0.2, 0.25) is 0 Å². The molecule has 1 aliphatic heterocycles. The van der Waals surface area contributed by atoms with Gasteiger partial charge in [0.15, 0.2) is 5.78 Å². The smallest absolute Gasteiger partial charge is 0.318 e. The van der Waals surface area contributed by atoms with E-state index >= 15 is 0 Å². The lowest BCUT2D eigenvalue weighted by Crippen LogP contribution is -2.44. The van der Waals surface area contributed by atoms with Crippen molar-refractivity contribution in [3.63, 3.8) is 0 Å². The van der Waals surface area contributed by atoms with E-state index in [4.69, 9.17) is 0 Å². The molecule has 17 heavy (non-hydrogen) atoms. The molecule has 0 aromatic heterocycles. The molecule has 1 atom stereocenters. The fourth-order valence-electron chi connectivity index (χ4n) is 2.05. The zero-order valence-electron chi connectivity index (χ0n) is 9.76. The fourth-order valence-corrected chi connectivity index (χ4v) is 2.05. The average molecular weight is 233 g/mol. The first kappa shape index (κ1) is 11.6. The van der Waals surface area contributed by atoms with E-state index in [0.29, 0.717) is 19.5 Å². The number of para-hydroxylation sites is 1. The molecule has 0 spiro atoms. The number of anilines is 1. The molecule has 4 nitrogen and oxygen atoms in total. The number of esters is 1. The molecule has 1 unspecified atom stereocenters. The molecule has 0 bridgehead atoms. The van der Waals surface area contributed by atoms with Crippen molar-refractivity contribution in [1.29, 1.82) is 0 Å². The molecule has 1 aromatic rings. The second-order valence-corrected chi connectivity index (χ2v) is 4.07. The van der Waals surface area contributed by atoms with Gasteiger partial charge in [-0.2, -0.15) is 0 Å². The fraction of sp³-hybridized carbons (Fsp3) is 0.385. The molecule has 1 saturated heterocycles. The van der Waals surface area contributed by atoms with Crippen LogP contribution in [0.1, 0.15) is 6.42 Å². The zero-order valence-corrected chi connectivity index (χ0v) is 9.76. The number of carbonyl (C=O) groups is 2. The van der Waals surface area contributed by atoms with E-state index in [0.717, 1.165) is 5.69 Å². The molecule has 0 N–H and O–H groups in total. The third-order valence-electron chi connectivity index (χ3n) is 3.03. The van der Waals surface area contributed by atoms with Crippen molar-refractivity contribution in [3.8, 4) is 0 Å². The molecule has 0 aliphatic carbocycles. The summed E-state index contributed by atoms with van der Waals surface area (Å²) in [6.45, 7) is 1.08. The highest BCUT2D eigenvalue weighted by atomic mass is 16.5. The van der Waals surface area contributed by atoms with Gasteiger partial charge < -0.3 is 9.64 Å². The molecule has 1 aliphatic rings. The maximum Gasteiger partial charge on any atom is 0.318 e. The zero-order chi connectivity index (χ0) is 12.3. The summed E-state index contributed by atoms with van der Waals surface area (Å²) in [7, 11) is 1.32. The Hall–Kier alpha value is -1.84. The maximum atomic E-state index is 11.6. The summed E-state index contributed by atoms with van der Waals surface area (Å²) in [6, 6.07) is 9.78. The number of nitrogens with zero attached hydrogens (tertiary/aromatic N) is 1. The molecule has 0 amide bonds. The first-order valence-corrected chi connectivity index (χ1v) is 5.63. The first-order chi connectivity index (χ1) is 8.22. The second-order valence-electron chi connectivity index (χ2n) is 4.07. The standard InChI is InChI=1S/C13H15NO3/c1-17-13(16)11-9-14(8-7-12(11)15)10-5-3-2-4-6-10/h2-6,11H,7-9H2,1H3. The molecule has 1 heterocycles. The van der Waals surface area contributed by atoms with Crippen LogP contribution < -0.4 is 4.90 Å². The van der Waals surface area contributed by atoms with Gasteiger partial charge in [0, 0.05) is 25.2 Å². The summed E-state index contributed by atoms with van der Waals surface area (Å²) in [4.78, 5) is 25.2. The molecule has 2 rings (SSSR count). The number of methoxy groups -OCH3 is 1. The van der Waals surface area contributed by atoms with Gasteiger partial charge in [-0.05, 0) is 12.1 Å². The van der Waals surface area contributed by atoms with Gasteiger partial charge in [-0.25, -0.2) is 0 Å². The minimum Gasteiger partial charge on any atom is -0.468 e. The van der Waals surface area contributed by atoms with Crippen LogP contribution in [0, 0.1) is 5.92 Å². The van der Waals surface area contributed by atoms with E-state index in [1.165, 1.54) is 7.11 Å². The number of Topliss-reactive ketones (excluding diaryl/α,β-unsaturated/α-hetero) is 1. The molecule has 1 aromatic carbocycles. The SMILES string of the molecule is COC(=O)C1CN(c2ccccc2)CCC1=O. The number of ether oxygens (including phenoxy) is 1. The van der Waals surface area contributed by atoms with E-state index < -0.39 is 11.9 Å². The lowest BCUT2D eigenvalue weighted by Gasteiger charge is -2.32. The van der Waals surface area contributed by atoms with Crippen molar-refractivity contribution in [3.05, 3.63) is 30.3 Å². The summed E-state index contributed by atoms with van der Waals surface area (Å²) in [6.07, 6.45) is 0.397. The topological polar surface area (TPSA) is 46.6 Å². The van der Waals surface area contributed by atoms with Crippen LogP contribution in [0.25, 0.3) is 0 Å². The largest absolute Gasteiger partial charge is 0.468 e. The van der Waals surface area contributed by atoms with Crippen molar-refractivity contribution >= 4 is 17.4 Å². The number of piperidine rings is 1. The van der Waals surface area contributed by atoms with Gasteiger partial charge in [-0.15, -0.1) is 0 Å². The Kier molecular flexibility index (Phi) is 3.42. The lowest BCUT2D eigenvalue weighted by molar-refractivity contribution is -0.149. The summed E-state index contributed by atoms with van der Waals surface area (Å²) in [5.41, 5.74) is 1.04. The van der Waals surface area contributed by atoms with E-state index in [-0.39, 0.29) is 5.78 Å². The van der Waals surface area contributed by atoms with Crippen LogP contribution in [0.4, 0.5) is 5.69 Å². The minimum atomic E-state index is -0.644. The van der Waals surface area contributed by atoms with Crippen LogP contribution >= 0.6 is 0 Å². The highest BCUT2D eigenvalue weighted by Gasteiger charge is 2.33. The van der Waals surface area contributed by atoms with E-state index in [2.05, 4.69) is 4.74 Å². The lowest BCUT2D eigenvalue weighted by atomic mass is 9.96. The van der Waals surface area contributed by atoms with Gasteiger partial charge >= 0.3 is 5.97 Å². The first-order valence-electron chi connectivity index (χ1n) is 5.63. The molecule has 90 valence electrons. The van der Waals surface area contributed by atoms with Gasteiger partial charge in [-0.1, -0.05) is 18.2 Å². The Morgan fingerprint density at radius 2 is 2.06 bits per heavy atom. The van der Waals surface area contributed by atoms with Gasteiger partial charge in [0.2, 0.25) is 0 Å². The van der Waals surface area contributed by atoms with Gasteiger partial charge in [-0.3, -0.25) is 9.59 Å². The van der Waals surface area contributed by atoms with Crippen LogP contribution in [-0.2, 0) is 14.3 Å². The summed E-state index contributed by atoms with van der Waals surface area (Å²) < 4.78 is 4.66. The summed E-state index contributed by atoms with van der Waals surface area (Å²) >= 11 is 0. The third-order valence-corrected chi connectivity index (χ3v) is 3.03. The minimum absolute atomic E-state index is 0.0240. The molecular weight excluding hydrogens is 218 g/mol. The summed E-state index contributed by atoms with van der Waals surface area (Å²) in [5.74, 6) is -1.10. The normalized spacial score (nSPS) is 20.2. The van der Waals surface area contributed by atoms with Crippen LogP contribution in [-0.4, -0.2) is 32.0 Å². The number of hydrogen-bond donors (Lipinski definition) is 0. The number of rotatable bonds is 2. The Morgan fingerprint density at radius 3 is 2.71 bits per heavy atom. The average Bonchev–Trinajstić information content (AvgIpc) is 2.39. The van der Waals surface area contributed by atoms with Crippen molar-refractivity contribution in [2.24, 2.45) is 5.92 Å². The number of ketones is 1. The van der Waals surface area contributed by atoms with E-state index in [1.807, 2.05) is 35.2 Å². The van der Waals surface area contributed by atoms with Gasteiger partial charge in [0.1, 0.15) is 5.92 Å². The second kappa shape index (κ2) is 4.99. The van der Waals surface area contributed by atoms with E-state index in [1.54, 1.807) is 0 Å². The van der Waals surface area contributed by atoms with Crippen LogP contribution in [0.5, 0.6) is 0 Å². The molecule has 0 radical (unpaired) electrons. The molecule has 1 fully saturated rings. The van der Waals surface area contributed by atoms with Crippen LogP contribution in [0.15, 0.2) is 30.3 Å². The monoisotopic (exact) mass is 233 g/mol. The van der Waals surface area contributed by atoms with Crippen molar-refractivity contribution in [1.82, 2.24) is 0 Å². The Labute approximate surface area is 100 Å². The molecular formula is C13H15NO3. The van der Waals surface area contributed by atoms with Crippen molar-refractivity contribution in [2.45, 2.75) is 6.42 Å². The Bertz CT molecular complexity index is 408. The number of benzene rings is 1. The summed E-state index contributed by atoms with van der Waals surface area (Å²) in [5, 5.41) is 0. The highest BCUT2D eigenvalue weighted by molar-refractivity contribution is 6.00. The van der Waals surface area contributed by atoms with Gasteiger partial charge in [0.25, 0.3) is 0 Å². The molecule has 4 heteroatoms. The predicted molar refractivity (Wildman–Crippen MR) is 63.8 cm³/mol. The van der Waals surface area contributed by atoms with E-state index in [9.17, 15) is 9.59 Å². The van der Waals surface area contributed by atoms with Crippen molar-refractivity contribution < 1.29 is 14.3 Å². The Morgan fingerprint density at radius 1 is 1.35 bits per heavy atom. The molecule has 0 saturated carbocycles.